The van der Waals surface area contributed by atoms with E-state index in [2.05, 4.69) is 10.7 Å². The van der Waals surface area contributed by atoms with E-state index in [4.69, 9.17) is 0 Å². The number of amides is 1. The van der Waals surface area contributed by atoms with Gasteiger partial charge in [-0.1, -0.05) is 0 Å². The summed E-state index contributed by atoms with van der Waals surface area (Å²) in [5, 5.41) is 7.23. The maximum atomic E-state index is 11.1. The zero-order valence-corrected chi connectivity index (χ0v) is 7.60. The van der Waals surface area contributed by atoms with E-state index in [-0.39, 0.29) is 12.1 Å². The fourth-order valence-electron chi connectivity index (χ4n) is 1.36. The molecule has 1 N–H and O–H groups in total. The van der Waals surface area contributed by atoms with Gasteiger partial charge in [0, 0.05) is 7.05 Å². The number of hydrogen-bond acceptors (Lipinski definition) is 3. The predicted octanol–water partition coefficient (Wildman–Crippen LogP) is 0.808. The molecule has 12 heavy (non-hydrogen) atoms. The van der Waals surface area contributed by atoms with Crippen molar-refractivity contribution in [1.29, 1.82) is 0 Å². The van der Waals surface area contributed by atoms with Gasteiger partial charge in [-0.3, -0.25) is 10.1 Å². The van der Waals surface area contributed by atoms with Crippen LogP contribution in [0.1, 0.15) is 11.7 Å². The Kier molecular flexibility index (Phi) is 1.86. The van der Waals surface area contributed by atoms with Gasteiger partial charge >= 0.3 is 0 Å². The van der Waals surface area contributed by atoms with E-state index >= 15 is 0 Å². The van der Waals surface area contributed by atoms with E-state index in [1.54, 1.807) is 16.2 Å². The SMILES string of the molecule is CN1C(=O)CNC1c1ccsc1. The Bertz CT molecular complexity index is 283. The van der Waals surface area contributed by atoms with Crippen LogP contribution in [-0.2, 0) is 4.79 Å². The summed E-state index contributed by atoms with van der Waals surface area (Å²) in [5.74, 6) is 0.159. The molecule has 2 heterocycles. The number of thiophene rings is 1. The number of hydrogen-bond donors (Lipinski definition) is 1. The first-order valence-electron chi connectivity index (χ1n) is 3.80. The van der Waals surface area contributed by atoms with Crippen LogP contribution in [0.25, 0.3) is 0 Å². The van der Waals surface area contributed by atoms with Crippen LogP contribution >= 0.6 is 11.3 Å². The van der Waals surface area contributed by atoms with Gasteiger partial charge in [0.1, 0.15) is 6.17 Å². The monoisotopic (exact) mass is 182 g/mol. The summed E-state index contributed by atoms with van der Waals surface area (Å²) < 4.78 is 0. The highest BCUT2D eigenvalue weighted by atomic mass is 32.1. The first-order chi connectivity index (χ1) is 5.79. The quantitative estimate of drug-likeness (QED) is 0.697. The van der Waals surface area contributed by atoms with Crippen LogP contribution in [0.15, 0.2) is 16.8 Å². The van der Waals surface area contributed by atoms with Gasteiger partial charge in [0.25, 0.3) is 0 Å². The van der Waals surface area contributed by atoms with Crippen molar-refractivity contribution in [3.05, 3.63) is 22.4 Å². The topological polar surface area (TPSA) is 32.3 Å². The van der Waals surface area contributed by atoms with E-state index < -0.39 is 0 Å². The molecule has 1 amide bonds. The Labute approximate surface area is 75.0 Å². The Morgan fingerprint density at radius 3 is 3.08 bits per heavy atom. The number of carbonyl (C=O) groups excluding carboxylic acids is 1. The van der Waals surface area contributed by atoms with Crippen molar-refractivity contribution in [2.24, 2.45) is 0 Å². The van der Waals surface area contributed by atoms with Gasteiger partial charge in [-0.2, -0.15) is 11.3 Å². The molecule has 0 bridgehead atoms. The lowest BCUT2D eigenvalue weighted by atomic mass is 10.2. The molecule has 0 aliphatic carbocycles. The molecule has 4 heteroatoms. The second kappa shape index (κ2) is 2.88. The maximum Gasteiger partial charge on any atom is 0.237 e. The lowest BCUT2D eigenvalue weighted by Gasteiger charge is -2.17. The molecular weight excluding hydrogens is 172 g/mol. The number of rotatable bonds is 1. The van der Waals surface area contributed by atoms with Gasteiger partial charge in [0.15, 0.2) is 0 Å². The highest BCUT2D eigenvalue weighted by Crippen LogP contribution is 2.22. The molecule has 3 nitrogen and oxygen atoms in total. The average molecular weight is 182 g/mol. The van der Waals surface area contributed by atoms with Crippen LogP contribution < -0.4 is 5.32 Å². The molecule has 0 radical (unpaired) electrons. The van der Waals surface area contributed by atoms with Gasteiger partial charge in [-0.25, -0.2) is 0 Å². The van der Waals surface area contributed by atoms with Crippen molar-refractivity contribution in [3.63, 3.8) is 0 Å². The molecule has 1 aromatic rings. The molecular formula is C8H10N2OS. The van der Waals surface area contributed by atoms with Crippen molar-refractivity contribution >= 4 is 17.2 Å². The maximum absolute atomic E-state index is 11.1. The van der Waals surface area contributed by atoms with Crippen LogP contribution in [0.2, 0.25) is 0 Å². The molecule has 1 atom stereocenters. The van der Waals surface area contributed by atoms with Crippen LogP contribution in [0.3, 0.4) is 0 Å². The van der Waals surface area contributed by atoms with E-state index in [1.165, 1.54) is 5.56 Å². The first kappa shape index (κ1) is 7.76. The minimum atomic E-state index is 0.0868. The molecule has 64 valence electrons. The predicted molar refractivity (Wildman–Crippen MR) is 47.8 cm³/mol. The molecule has 0 spiro atoms. The highest BCUT2D eigenvalue weighted by molar-refractivity contribution is 7.07. The smallest absolute Gasteiger partial charge is 0.237 e. The molecule has 0 aromatic carbocycles. The first-order valence-corrected chi connectivity index (χ1v) is 4.74. The van der Waals surface area contributed by atoms with Crippen LogP contribution in [0, 0.1) is 0 Å². The van der Waals surface area contributed by atoms with Gasteiger partial charge in [0.05, 0.1) is 6.54 Å². The largest absolute Gasteiger partial charge is 0.325 e. The molecule has 1 saturated heterocycles. The molecule has 1 aromatic heterocycles. The lowest BCUT2D eigenvalue weighted by molar-refractivity contribution is -0.126. The minimum absolute atomic E-state index is 0.0868. The van der Waals surface area contributed by atoms with Crippen molar-refractivity contribution < 1.29 is 4.79 Å². The highest BCUT2D eigenvalue weighted by Gasteiger charge is 2.27. The van der Waals surface area contributed by atoms with Gasteiger partial charge in [-0.05, 0) is 22.4 Å². The summed E-state index contributed by atoms with van der Waals surface area (Å²) in [5.41, 5.74) is 1.17. The molecule has 1 aliphatic heterocycles. The summed E-state index contributed by atoms with van der Waals surface area (Å²) in [4.78, 5) is 12.9. The van der Waals surface area contributed by atoms with Gasteiger partial charge in [0.2, 0.25) is 5.91 Å². The average Bonchev–Trinajstić information content (AvgIpc) is 2.64. The van der Waals surface area contributed by atoms with Crippen LogP contribution in [0.4, 0.5) is 0 Å². The van der Waals surface area contributed by atoms with Gasteiger partial charge < -0.3 is 4.90 Å². The van der Waals surface area contributed by atoms with Crippen molar-refractivity contribution in [2.45, 2.75) is 6.17 Å². The Morgan fingerprint density at radius 2 is 2.58 bits per heavy atom. The normalized spacial score (nSPS) is 23.6. The molecule has 0 saturated carbocycles. The number of likely N-dealkylation sites (N-methyl/N-ethyl adjacent to an activating group) is 1. The fraction of sp³-hybridized carbons (Fsp3) is 0.375. The lowest BCUT2D eigenvalue weighted by Crippen LogP contribution is -2.25. The van der Waals surface area contributed by atoms with E-state index in [0.717, 1.165) is 0 Å². The van der Waals surface area contributed by atoms with Gasteiger partial charge in [-0.15, -0.1) is 0 Å². The Morgan fingerprint density at radius 1 is 1.75 bits per heavy atom. The summed E-state index contributed by atoms with van der Waals surface area (Å²) >= 11 is 1.65. The number of nitrogens with zero attached hydrogens (tertiary/aromatic N) is 1. The molecule has 1 aliphatic rings. The molecule has 2 rings (SSSR count). The summed E-state index contributed by atoms with van der Waals surface area (Å²) in [6.45, 7) is 0.455. The molecule has 1 unspecified atom stereocenters. The third-order valence-corrected chi connectivity index (χ3v) is 2.79. The van der Waals surface area contributed by atoms with Crippen LogP contribution in [0.5, 0.6) is 0 Å². The van der Waals surface area contributed by atoms with Crippen LogP contribution in [-0.4, -0.2) is 24.4 Å². The summed E-state index contributed by atoms with van der Waals surface area (Å²) in [7, 11) is 1.82. The number of nitrogens with one attached hydrogen (secondary N) is 1. The van der Waals surface area contributed by atoms with Crippen molar-refractivity contribution in [1.82, 2.24) is 10.2 Å². The third-order valence-electron chi connectivity index (χ3n) is 2.09. The standard InChI is InChI=1S/C8H10N2OS/c1-10-7(11)4-9-8(10)6-2-3-12-5-6/h2-3,5,8-9H,4H2,1H3. The minimum Gasteiger partial charge on any atom is -0.325 e. The van der Waals surface area contributed by atoms with E-state index in [9.17, 15) is 4.79 Å². The zero-order valence-electron chi connectivity index (χ0n) is 6.78. The van der Waals surface area contributed by atoms with E-state index in [0.29, 0.717) is 6.54 Å². The zero-order chi connectivity index (χ0) is 8.55. The summed E-state index contributed by atoms with van der Waals surface area (Å²) in [6.07, 6.45) is 0.0868. The third kappa shape index (κ3) is 1.13. The molecule has 1 fully saturated rings. The van der Waals surface area contributed by atoms with E-state index in [1.807, 2.05) is 18.5 Å². The Hall–Kier alpha value is -0.870. The second-order valence-corrected chi connectivity index (χ2v) is 3.62. The number of carbonyl (C=O) groups is 1. The second-order valence-electron chi connectivity index (χ2n) is 2.84. The summed E-state index contributed by atoms with van der Waals surface area (Å²) in [6, 6.07) is 2.04. The van der Waals surface area contributed by atoms with Crippen molar-refractivity contribution in [3.8, 4) is 0 Å². The Balaban J connectivity index is 2.21. The van der Waals surface area contributed by atoms with Crippen molar-refractivity contribution in [2.75, 3.05) is 13.6 Å². The fourth-order valence-corrected chi connectivity index (χ4v) is 2.04.